The van der Waals surface area contributed by atoms with Crippen LogP contribution in [0.1, 0.15) is 42.0 Å². The third-order valence-electron chi connectivity index (χ3n) is 6.68. The summed E-state index contributed by atoms with van der Waals surface area (Å²) in [6.45, 7) is 5.96. The van der Waals surface area contributed by atoms with Crippen molar-refractivity contribution in [3.05, 3.63) is 99.5 Å². The van der Waals surface area contributed by atoms with E-state index in [2.05, 4.69) is 21.2 Å². The number of benzene rings is 3. The third-order valence-corrected chi connectivity index (χ3v) is 8.33. The van der Waals surface area contributed by atoms with Crippen LogP contribution < -0.4 is 9.62 Å². The summed E-state index contributed by atoms with van der Waals surface area (Å²) < 4.78 is 28.0. The number of anilines is 1. The van der Waals surface area contributed by atoms with E-state index in [9.17, 15) is 18.0 Å². The van der Waals surface area contributed by atoms with Crippen LogP contribution in [0, 0.1) is 13.8 Å². The van der Waals surface area contributed by atoms with Gasteiger partial charge < -0.3 is 10.2 Å². The van der Waals surface area contributed by atoms with Crippen LogP contribution in [0.5, 0.6) is 0 Å². The molecule has 214 valence electrons. The molecule has 3 aromatic rings. The summed E-state index contributed by atoms with van der Waals surface area (Å²) in [6, 6.07) is 21.7. The summed E-state index contributed by atoms with van der Waals surface area (Å²) >= 11 is 3.45. The highest BCUT2D eigenvalue weighted by Crippen LogP contribution is 2.25. The van der Waals surface area contributed by atoms with Crippen molar-refractivity contribution in [1.82, 2.24) is 10.2 Å². The van der Waals surface area contributed by atoms with Crippen LogP contribution in [-0.2, 0) is 32.6 Å². The number of hydrogen-bond acceptors (Lipinski definition) is 4. The normalized spacial score (nSPS) is 12.0. The molecule has 1 atom stereocenters. The Kier molecular flexibility index (Phi) is 11.3. The average Bonchev–Trinajstić information content (AvgIpc) is 2.91. The minimum Gasteiger partial charge on any atom is -0.354 e. The minimum absolute atomic E-state index is 0.148. The molecule has 0 saturated heterocycles. The lowest BCUT2D eigenvalue weighted by molar-refractivity contribution is -0.140. The molecule has 0 fully saturated rings. The van der Waals surface area contributed by atoms with Gasteiger partial charge in [0.2, 0.25) is 21.8 Å². The fourth-order valence-corrected chi connectivity index (χ4v) is 5.59. The van der Waals surface area contributed by atoms with E-state index in [1.807, 2.05) is 87.5 Å². The van der Waals surface area contributed by atoms with Gasteiger partial charge in [-0.15, -0.1) is 0 Å². The number of aryl methyl sites for hydroxylation is 2. The van der Waals surface area contributed by atoms with E-state index in [0.717, 1.165) is 50.1 Å². The number of sulfonamides is 1. The lowest BCUT2D eigenvalue weighted by Crippen LogP contribution is -2.53. The molecule has 0 spiro atoms. The molecule has 0 aliphatic carbocycles. The Bertz CT molecular complexity index is 1400. The van der Waals surface area contributed by atoms with Gasteiger partial charge in [0.25, 0.3) is 0 Å². The average molecular weight is 629 g/mol. The smallest absolute Gasteiger partial charge is 0.244 e. The van der Waals surface area contributed by atoms with E-state index in [1.54, 1.807) is 6.07 Å². The number of unbranched alkanes of at least 4 members (excludes halogenated alkanes) is 1. The summed E-state index contributed by atoms with van der Waals surface area (Å²) in [7, 11) is -3.81. The van der Waals surface area contributed by atoms with E-state index < -0.39 is 28.5 Å². The Morgan fingerprint density at radius 1 is 0.950 bits per heavy atom. The molecule has 0 aromatic heterocycles. The van der Waals surface area contributed by atoms with Crippen molar-refractivity contribution in [1.29, 1.82) is 0 Å². The van der Waals surface area contributed by atoms with Crippen LogP contribution in [0.15, 0.2) is 77.3 Å². The summed E-state index contributed by atoms with van der Waals surface area (Å²) in [4.78, 5) is 29.3. The molecule has 1 N–H and O–H groups in total. The SMILES string of the molecule is CCCCNC(=O)[C@H](Cc1ccccc1)N(Cc1ccc(Br)cc1)C(=O)CN(c1cc(C)ccc1C)S(C)(=O)=O. The molecule has 40 heavy (non-hydrogen) atoms. The highest BCUT2D eigenvalue weighted by atomic mass is 79.9. The molecule has 3 rings (SSSR count). The maximum absolute atomic E-state index is 14.1. The predicted octanol–water partition coefficient (Wildman–Crippen LogP) is 5.39. The van der Waals surface area contributed by atoms with Crippen LogP contribution in [0.25, 0.3) is 0 Å². The van der Waals surface area contributed by atoms with Gasteiger partial charge in [0.1, 0.15) is 12.6 Å². The first-order valence-corrected chi connectivity index (χ1v) is 16.0. The first kappa shape index (κ1) is 31.4. The first-order chi connectivity index (χ1) is 19.0. The Hall–Kier alpha value is -3.17. The number of halogens is 1. The standard InChI is InChI=1S/C31H38BrN3O4S/c1-5-6-18-33-31(37)29(20-25-10-8-7-9-11-25)34(21-26-14-16-27(32)17-15-26)30(36)22-35(40(4,38)39)28-19-23(2)12-13-24(28)3/h7-17,19,29H,5-6,18,20-22H2,1-4H3,(H,33,37)/t29-/m0/s1. The molecule has 3 aromatic carbocycles. The number of amides is 2. The Morgan fingerprint density at radius 2 is 1.62 bits per heavy atom. The van der Waals surface area contributed by atoms with Gasteiger partial charge in [0.15, 0.2) is 0 Å². The molecule has 7 nitrogen and oxygen atoms in total. The van der Waals surface area contributed by atoms with Gasteiger partial charge in [-0.05, 0) is 60.7 Å². The maximum atomic E-state index is 14.1. The molecule has 0 aliphatic heterocycles. The monoisotopic (exact) mass is 627 g/mol. The van der Waals surface area contributed by atoms with Crippen LogP contribution in [-0.4, -0.2) is 50.5 Å². The largest absolute Gasteiger partial charge is 0.354 e. The van der Waals surface area contributed by atoms with Crippen molar-refractivity contribution in [2.45, 2.75) is 52.6 Å². The van der Waals surface area contributed by atoms with E-state index >= 15 is 0 Å². The van der Waals surface area contributed by atoms with Crippen molar-refractivity contribution >= 4 is 43.5 Å². The molecular formula is C31H38BrN3O4S. The Balaban J connectivity index is 2.05. The first-order valence-electron chi connectivity index (χ1n) is 13.4. The van der Waals surface area contributed by atoms with E-state index in [1.165, 1.54) is 4.90 Å². The summed E-state index contributed by atoms with van der Waals surface area (Å²) in [5.74, 6) is -0.721. The Labute approximate surface area is 246 Å². The minimum atomic E-state index is -3.81. The lowest BCUT2D eigenvalue weighted by Gasteiger charge is -2.34. The number of carbonyl (C=O) groups is 2. The van der Waals surface area contributed by atoms with Crippen LogP contribution >= 0.6 is 15.9 Å². The molecule has 0 saturated carbocycles. The summed E-state index contributed by atoms with van der Waals surface area (Å²) in [5.41, 5.74) is 3.80. The second-order valence-corrected chi connectivity index (χ2v) is 12.9. The highest BCUT2D eigenvalue weighted by Gasteiger charge is 2.33. The van der Waals surface area contributed by atoms with Crippen molar-refractivity contribution in [3.8, 4) is 0 Å². The van der Waals surface area contributed by atoms with Gasteiger partial charge in [0, 0.05) is 24.0 Å². The third kappa shape index (κ3) is 8.93. The molecule has 0 aliphatic rings. The van der Waals surface area contributed by atoms with Crippen LogP contribution in [0.4, 0.5) is 5.69 Å². The second-order valence-electron chi connectivity index (χ2n) is 10.1. The van der Waals surface area contributed by atoms with E-state index in [-0.39, 0.29) is 12.5 Å². The number of nitrogens with one attached hydrogen (secondary N) is 1. The predicted molar refractivity (Wildman–Crippen MR) is 165 cm³/mol. The highest BCUT2D eigenvalue weighted by molar-refractivity contribution is 9.10. The van der Waals surface area contributed by atoms with Gasteiger partial charge in [-0.1, -0.05) is 83.9 Å². The van der Waals surface area contributed by atoms with Crippen LogP contribution in [0.3, 0.4) is 0 Å². The van der Waals surface area contributed by atoms with Crippen molar-refractivity contribution < 1.29 is 18.0 Å². The zero-order valence-electron chi connectivity index (χ0n) is 23.6. The van der Waals surface area contributed by atoms with Crippen LogP contribution in [0.2, 0.25) is 0 Å². The summed E-state index contributed by atoms with van der Waals surface area (Å²) in [6.07, 6.45) is 3.13. The number of rotatable bonds is 13. The molecule has 2 amide bonds. The van der Waals surface area contributed by atoms with Gasteiger partial charge >= 0.3 is 0 Å². The van der Waals surface area contributed by atoms with Crippen molar-refractivity contribution in [3.63, 3.8) is 0 Å². The molecule has 0 bridgehead atoms. The number of carbonyl (C=O) groups excluding carboxylic acids is 2. The topological polar surface area (TPSA) is 86.8 Å². The fourth-order valence-electron chi connectivity index (χ4n) is 4.43. The van der Waals surface area contributed by atoms with E-state index in [4.69, 9.17) is 0 Å². The molecule has 0 radical (unpaired) electrons. The fraction of sp³-hybridized carbons (Fsp3) is 0.355. The van der Waals surface area contributed by atoms with E-state index in [0.29, 0.717) is 18.7 Å². The molecular weight excluding hydrogens is 590 g/mol. The summed E-state index contributed by atoms with van der Waals surface area (Å²) in [5, 5.41) is 2.99. The lowest BCUT2D eigenvalue weighted by atomic mass is 10.0. The Morgan fingerprint density at radius 3 is 2.25 bits per heavy atom. The van der Waals surface area contributed by atoms with Gasteiger partial charge in [-0.3, -0.25) is 13.9 Å². The number of hydrogen-bond donors (Lipinski definition) is 1. The molecule has 0 unspecified atom stereocenters. The van der Waals surface area contributed by atoms with Gasteiger partial charge in [0.05, 0.1) is 11.9 Å². The quantitative estimate of drug-likeness (QED) is 0.258. The van der Waals surface area contributed by atoms with Gasteiger partial charge in [-0.2, -0.15) is 0 Å². The van der Waals surface area contributed by atoms with Crippen molar-refractivity contribution in [2.75, 3.05) is 23.7 Å². The van der Waals surface area contributed by atoms with Crippen molar-refractivity contribution in [2.24, 2.45) is 0 Å². The second kappa shape index (κ2) is 14.5. The van der Waals surface area contributed by atoms with Gasteiger partial charge in [-0.25, -0.2) is 8.42 Å². The zero-order chi connectivity index (χ0) is 29.3. The maximum Gasteiger partial charge on any atom is 0.244 e. The number of nitrogens with zero attached hydrogens (tertiary/aromatic N) is 2. The molecule has 9 heteroatoms. The zero-order valence-corrected chi connectivity index (χ0v) is 26.0. The molecule has 0 heterocycles.